The van der Waals surface area contributed by atoms with Gasteiger partial charge >= 0.3 is 0 Å². The van der Waals surface area contributed by atoms with Crippen LogP contribution >= 0.6 is 0 Å². The highest BCUT2D eigenvalue weighted by molar-refractivity contribution is 5.36. The van der Waals surface area contributed by atoms with Crippen molar-refractivity contribution >= 4 is 6.47 Å². The zero-order valence-corrected chi connectivity index (χ0v) is 16.0. The first-order valence-electron chi connectivity index (χ1n) is 9.60. The van der Waals surface area contributed by atoms with Gasteiger partial charge in [0.1, 0.15) is 0 Å². The number of hydrogen-bond acceptors (Lipinski definition) is 3. The third-order valence-corrected chi connectivity index (χ3v) is 4.88. The monoisotopic (exact) mass is 353 g/mol. The van der Waals surface area contributed by atoms with Crippen molar-refractivity contribution in [2.24, 2.45) is 5.92 Å². The summed E-state index contributed by atoms with van der Waals surface area (Å²) < 4.78 is 4.15. The molecule has 2 aromatic rings. The standard InChI is InChI=1S/C20H25N.C3H6O2/c1-17-12-13-20(14-17)21(15-18-8-4-2-5-9-18)16-19-10-6-3-7-11-19;1-2-5-3-4/h2-11,17,20H,12-16H2,1H3;3H,2H2,1H3. The summed E-state index contributed by atoms with van der Waals surface area (Å²) in [5.41, 5.74) is 2.85. The van der Waals surface area contributed by atoms with E-state index in [-0.39, 0.29) is 0 Å². The van der Waals surface area contributed by atoms with E-state index in [9.17, 15) is 4.79 Å². The van der Waals surface area contributed by atoms with Crippen molar-refractivity contribution in [2.45, 2.75) is 52.2 Å². The molecule has 3 nitrogen and oxygen atoms in total. The predicted molar refractivity (Wildman–Crippen MR) is 107 cm³/mol. The van der Waals surface area contributed by atoms with E-state index >= 15 is 0 Å². The molecule has 0 saturated heterocycles. The Hall–Kier alpha value is -2.13. The second-order valence-corrected chi connectivity index (χ2v) is 7.00. The normalized spacial score (nSPS) is 18.9. The lowest BCUT2D eigenvalue weighted by molar-refractivity contribution is -0.128. The van der Waals surface area contributed by atoms with Crippen molar-refractivity contribution in [3.8, 4) is 0 Å². The number of carbonyl (C=O) groups excluding carboxylic acids is 1. The summed E-state index contributed by atoms with van der Waals surface area (Å²) in [4.78, 5) is 11.9. The molecule has 0 aliphatic heterocycles. The van der Waals surface area contributed by atoms with Crippen LogP contribution in [0.15, 0.2) is 60.7 Å². The van der Waals surface area contributed by atoms with E-state index in [4.69, 9.17) is 0 Å². The Kier molecular flexibility index (Phi) is 8.91. The molecule has 1 aliphatic rings. The van der Waals surface area contributed by atoms with Gasteiger partial charge < -0.3 is 4.74 Å². The van der Waals surface area contributed by atoms with Crippen LogP contribution in [-0.2, 0) is 22.6 Å². The van der Waals surface area contributed by atoms with Crippen LogP contribution in [0.4, 0.5) is 0 Å². The number of ether oxygens (including phenoxy) is 1. The van der Waals surface area contributed by atoms with E-state index < -0.39 is 0 Å². The summed E-state index contributed by atoms with van der Waals surface area (Å²) >= 11 is 0. The Morgan fingerprint density at radius 2 is 1.50 bits per heavy atom. The number of nitrogens with zero attached hydrogens (tertiary/aromatic N) is 1. The quantitative estimate of drug-likeness (QED) is 0.652. The summed E-state index contributed by atoms with van der Waals surface area (Å²) in [7, 11) is 0. The van der Waals surface area contributed by atoms with Gasteiger partial charge in [-0.1, -0.05) is 67.6 Å². The molecule has 3 heteroatoms. The van der Waals surface area contributed by atoms with Crippen LogP contribution in [0.25, 0.3) is 0 Å². The number of rotatable bonds is 7. The van der Waals surface area contributed by atoms with Crippen molar-refractivity contribution in [3.05, 3.63) is 71.8 Å². The molecule has 0 spiro atoms. The third-order valence-electron chi connectivity index (χ3n) is 4.88. The van der Waals surface area contributed by atoms with E-state index in [2.05, 4.69) is 77.2 Å². The molecule has 1 fully saturated rings. The van der Waals surface area contributed by atoms with Crippen LogP contribution < -0.4 is 0 Å². The molecular weight excluding hydrogens is 322 g/mol. The molecule has 26 heavy (non-hydrogen) atoms. The number of carbonyl (C=O) groups is 1. The number of hydrogen-bond donors (Lipinski definition) is 0. The summed E-state index contributed by atoms with van der Waals surface area (Å²) in [6.07, 6.45) is 4.07. The van der Waals surface area contributed by atoms with Crippen LogP contribution in [0.2, 0.25) is 0 Å². The minimum Gasteiger partial charge on any atom is -0.468 e. The van der Waals surface area contributed by atoms with Crippen LogP contribution in [0.5, 0.6) is 0 Å². The maximum Gasteiger partial charge on any atom is 0.293 e. The smallest absolute Gasteiger partial charge is 0.293 e. The molecule has 2 atom stereocenters. The largest absolute Gasteiger partial charge is 0.468 e. The van der Waals surface area contributed by atoms with Crippen molar-refractivity contribution < 1.29 is 9.53 Å². The molecule has 0 amide bonds. The predicted octanol–water partition coefficient (Wildman–Crippen LogP) is 5.06. The van der Waals surface area contributed by atoms with E-state index in [1.54, 1.807) is 6.92 Å². The zero-order valence-electron chi connectivity index (χ0n) is 16.0. The molecule has 1 saturated carbocycles. The SMILES string of the molecule is CC1CCC(N(Cc2ccccc2)Cc2ccccc2)C1.CCOC=O. The molecule has 2 unspecified atom stereocenters. The lowest BCUT2D eigenvalue weighted by Gasteiger charge is -2.29. The Bertz CT molecular complexity index is 573. The molecular formula is C23H31NO2. The van der Waals surface area contributed by atoms with Gasteiger partial charge in [0.15, 0.2) is 0 Å². The Morgan fingerprint density at radius 1 is 0.962 bits per heavy atom. The van der Waals surface area contributed by atoms with E-state index in [1.165, 1.54) is 30.4 Å². The topological polar surface area (TPSA) is 29.5 Å². The van der Waals surface area contributed by atoms with Gasteiger partial charge in [-0.25, -0.2) is 0 Å². The van der Waals surface area contributed by atoms with Crippen LogP contribution in [0.1, 0.15) is 44.2 Å². The maximum atomic E-state index is 9.18. The van der Waals surface area contributed by atoms with Crippen LogP contribution in [-0.4, -0.2) is 24.0 Å². The average molecular weight is 354 g/mol. The van der Waals surface area contributed by atoms with Gasteiger partial charge in [0, 0.05) is 19.1 Å². The second kappa shape index (κ2) is 11.5. The van der Waals surface area contributed by atoms with Gasteiger partial charge in [-0.3, -0.25) is 9.69 Å². The average Bonchev–Trinajstić information content (AvgIpc) is 3.11. The third kappa shape index (κ3) is 7.01. The Morgan fingerprint density at radius 3 is 1.85 bits per heavy atom. The molecule has 1 aliphatic carbocycles. The summed E-state index contributed by atoms with van der Waals surface area (Å²) in [6, 6.07) is 22.5. The fourth-order valence-electron chi connectivity index (χ4n) is 3.53. The van der Waals surface area contributed by atoms with Crippen LogP contribution in [0.3, 0.4) is 0 Å². The molecule has 0 radical (unpaired) electrons. The lowest BCUT2D eigenvalue weighted by atomic mass is 10.1. The fourth-order valence-corrected chi connectivity index (χ4v) is 3.53. The van der Waals surface area contributed by atoms with Gasteiger partial charge in [0.25, 0.3) is 6.47 Å². The van der Waals surface area contributed by atoms with Gasteiger partial charge in [-0.2, -0.15) is 0 Å². The van der Waals surface area contributed by atoms with Crippen molar-refractivity contribution in [1.82, 2.24) is 4.90 Å². The van der Waals surface area contributed by atoms with Gasteiger partial charge in [-0.15, -0.1) is 0 Å². The van der Waals surface area contributed by atoms with Gasteiger partial charge in [-0.05, 0) is 43.2 Å². The van der Waals surface area contributed by atoms with Gasteiger partial charge in [0.2, 0.25) is 0 Å². The Balaban J connectivity index is 0.000000431. The highest BCUT2D eigenvalue weighted by Gasteiger charge is 2.26. The molecule has 0 bridgehead atoms. The summed E-state index contributed by atoms with van der Waals surface area (Å²) in [5, 5.41) is 0. The molecule has 2 aromatic carbocycles. The molecule has 3 rings (SSSR count). The van der Waals surface area contributed by atoms with Crippen molar-refractivity contribution in [3.63, 3.8) is 0 Å². The highest BCUT2D eigenvalue weighted by Crippen LogP contribution is 2.30. The van der Waals surface area contributed by atoms with Crippen LogP contribution in [0, 0.1) is 5.92 Å². The van der Waals surface area contributed by atoms with E-state index in [1.807, 2.05) is 0 Å². The Labute approximate surface area is 158 Å². The first-order chi connectivity index (χ1) is 12.7. The maximum absolute atomic E-state index is 9.18. The molecule has 0 aromatic heterocycles. The minimum atomic E-state index is 0.431. The fraction of sp³-hybridized carbons (Fsp3) is 0.435. The molecule has 0 N–H and O–H groups in total. The first kappa shape index (κ1) is 20.2. The van der Waals surface area contributed by atoms with Gasteiger partial charge in [0.05, 0.1) is 6.61 Å². The van der Waals surface area contributed by atoms with Crippen molar-refractivity contribution in [1.29, 1.82) is 0 Å². The first-order valence-corrected chi connectivity index (χ1v) is 9.60. The second-order valence-electron chi connectivity index (χ2n) is 7.00. The zero-order chi connectivity index (χ0) is 18.6. The van der Waals surface area contributed by atoms with E-state index in [0.29, 0.717) is 13.1 Å². The molecule has 140 valence electrons. The highest BCUT2D eigenvalue weighted by atomic mass is 16.5. The summed E-state index contributed by atoms with van der Waals surface area (Å²) in [6.45, 7) is 7.18. The minimum absolute atomic E-state index is 0.431. The molecule has 0 heterocycles. The lowest BCUT2D eigenvalue weighted by Crippen LogP contribution is -2.32. The van der Waals surface area contributed by atoms with E-state index in [0.717, 1.165) is 25.0 Å². The van der Waals surface area contributed by atoms with Crippen molar-refractivity contribution in [2.75, 3.05) is 6.61 Å². The summed E-state index contributed by atoms with van der Waals surface area (Å²) in [5.74, 6) is 0.879. The number of benzene rings is 2.